The first-order chi connectivity index (χ1) is 7.61. The standard InChI is InChI=1S/C10H17N3O3/c1-15-9-2-4-10(5-3-9)16-7-8(14)6-13(11)12/h2-5,8,14H,6-7,11-12H2,1H3. The van der Waals surface area contributed by atoms with Gasteiger partial charge in [-0.25, -0.2) is 0 Å². The quantitative estimate of drug-likeness (QED) is 0.447. The van der Waals surface area contributed by atoms with Crippen molar-refractivity contribution < 1.29 is 14.6 Å². The number of hydrogen-bond acceptors (Lipinski definition) is 6. The predicted octanol–water partition coefficient (Wildman–Crippen LogP) is -0.516. The molecule has 90 valence electrons. The molecule has 0 aliphatic heterocycles. The van der Waals surface area contributed by atoms with E-state index in [1.807, 2.05) is 0 Å². The number of rotatable bonds is 6. The smallest absolute Gasteiger partial charge is 0.119 e. The van der Waals surface area contributed by atoms with Crippen molar-refractivity contribution in [1.29, 1.82) is 0 Å². The third kappa shape index (κ3) is 4.45. The van der Waals surface area contributed by atoms with Gasteiger partial charge in [-0.3, -0.25) is 11.7 Å². The van der Waals surface area contributed by atoms with Crippen LogP contribution in [0.2, 0.25) is 0 Å². The van der Waals surface area contributed by atoms with Crippen molar-refractivity contribution >= 4 is 0 Å². The van der Waals surface area contributed by atoms with E-state index in [-0.39, 0.29) is 13.2 Å². The Morgan fingerprint density at radius 1 is 1.25 bits per heavy atom. The topological polar surface area (TPSA) is 94.0 Å². The zero-order valence-corrected chi connectivity index (χ0v) is 9.17. The van der Waals surface area contributed by atoms with Gasteiger partial charge < -0.3 is 14.6 Å². The molecule has 0 aromatic heterocycles. The average molecular weight is 227 g/mol. The molecule has 0 saturated carbocycles. The molecule has 0 heterocycles. The number of benzene rings is 1. The Kier molecular flexibility index (Phi) is 5.00. The lowest BCUT2D eigenvalue weighted by Crippen LogP contribution is -2.44. The summed E-state index contributed by atoms with van der Waals surface area (Å²) in [5.74, 6) is 11.8. The largest absolute Gasteiger partial charge is 0.497 e. The fraction of sp³-hybridized carbons (Fsp3) is 0.400. The first-order valence-corrected chi connectivity index (χ1v) is 4.83. The predicted molar refractivity (Wildman–Crippen MR) is 59.6 cm³/mol. The maximum absolute atomic E-state index is 9.43. The van der Waals surface area contributed by atoms with Crippen molar-refractivity contribution in [3.8, 4) is 11.5 Å². The van der Waals surface area contributed by atoms with Crippen molar-refractivity contribution in [2.75, 3.05) is 20.3 Å². The van der Waals surface area contributed by atoms with Crippen molar-refractivity contribution in [1.82, 2.24) is 5.12 Å². The van der Waals surface area contributed by atoms with Crippen LogP contribution in [0.3, 0.4) is 0 Å². The van der Waals surface area contributed by atoms with E-state index in [2.05, 4.69) is 0 Å². The first-order valence-electron chi connectivity index (χ1n) is 4.83. The summed E-state index contributed by atoms with van der Waals surface area (Å²) >= 11 is 0. The molecule has 1 unspecified atom stereocenters. The fourth-order valence-corrected chi connectivity index (χ4v) is 1.16. The molecule has 6 nitrogen and oxygen atoms in total. The van der Waals surface area contributed by atoms with Crippen LogP contribution >= 0.6 is 0 Å². The zero-order chi connectivity index (χ0) is 12.0. The van der Waals surface area contributed by atoms with Crippen molar-refractivity contribution in [2.24, 2.45) is 11.7 Å². The van der Waals surface area contributed by atoms with Crippen molar-refractivity contribution in [2.45, 2.75) is 6.10 Å². The summed E-state index contributed by atoms with van der Waals surface area (Å²) in [7, 11) is 1.59. The third-order valence-electron chi connectivity index (χ3n) is 1.92. The molecule has 0 bridgehead atoms. The fourth-order valence-electron chi connectivity index (χ4n) is 1.16. The van der Waals surface area contributed by atoms with E-state index in [9.17, 15) is 5.11 Å². The van der Waals surface area contributed by atoms with E-state index in [0.717, 1.165) is 10.9 Å². The molecule has 0 amide bonds. The highest BCUT2D eigenvalue weighted by atomic mass is 16.5. The van der Waals surface area contributed by atoms with Gasteiger partial charge >= 0.3 is 0 Å². The molecular formula is C10H17N3O3. The second-order valence-electron chi connectivity index (χ2n) is 3.34. The first kappa shape index (κ1) is 12.7. The number of aliphatic hydroxyl groups excluding tert-OH is 1. The number of methoxy groups -OCH3 is 1. The van der Waals surface area contributed by atoms with Gasteiger partial charge in [0.2, 0.25) is 0 Å². The van der Waals surface area contributed by atoms with E-state index >= 15 is 0 Å². The van der Waals surface area contributed by atoms with Crippen LogP contribution in [0.25, 0.3) is 0 Å². The third-order valence-corrected chi connectivity index (χ3v) is 1.92. The van der Waals surface area contributed by atoms with Gasteiger partial charge in [-0.1, -0.05) is 0 Å². The van der Waals surface area contributed by atoms with Gasteiger partial charge in [0.15, 0.2) is 0 Å². The molecule has 1 atom stereocenters. The molecule has 1 rings (SSSR count). The Morgan fingerprint density at radius 3 is 2.31 bits per heavy atom. The van der Waals surface area contributed by atoms with Gasteiger partial charge in [0, 0.05) is 0 Å². The minimum absolute atomic E-state index is 0.136. The molecule has 0 saturated heterocycles. The summed E-state index contributed by atoms with van der Waals surface area (Å²) in [6, 6.07) is 7.07. The van der Waals surface area contributed by atoms with Crippen LogP contribution in [0.15, 0.2) is 24.3 Å². The normalized spacial score (nSPS) is 12.6. The molecule has 0 fully saturated rings. The van der Waals surface area contributed by atoms with E-state index in [1.54, 1.807) is 31.4 Å². The Balaban J connectivity index is 2.36. The number of ether oxygens (including phenoxy) is 2. The van der Waals surface area contributed by atoms with Gasteiger partial charge in [0.25, 0.3) is 0 Å². The van der Waals surface area contributed by atoms with Gasteiger partial charge in [0.05, 0.1) is 13.7 Å². The van der Waals surface area contributed by atoms with Crippen molar-refractivity contribution in [3.63, 3.8) is 0 Å². The minimum atomic E-state index is -0.725. The number of hydrogen-bond donors (Lipinski definition) is 3. The van der Waals surface area contributed by atoms with Crippen LogP contribution in [-0.4, -0.2) is 36.6 Å². The van der Waals surface area contributed by atoms with Crippen LogP contribution in [-0.2, 0) is 0 Å². The monoisotopic (exact) mass is 227 g/mol. The highest BCUT2D eigenvalue weighted by Crippen LogP contribution is 2.16. The van der Waals surface area contributed by atoms with E-state index < -0.39 is 6.10 Å². The molecular weight excluding hydrogens is 210 g/mol. The van der Waals surface area contributed by atoms with Crippen LogP contribution in [0, 0.1) is 0 Å². The molecule has 6 heteroatoms. The molecule has 5 N–H and O–H groups in total. The van der Waals surface area contributed by atoms with Gasteiger partial charge in [-0.2, -0.15) is 5.12 Å². The lowest BCUT2D eigenvalue weighted by molar-refractivity contribution is 0.0683. The number of aliphatic hydroxyl groups is 1. The zero-order valence-electron chi connectivity index (χ0n) is 9.17. The van der Waals surface area contributed by atoms with E-state index in [4.69, 9.17) is 21.2 Å². The Hall–Kier alpha value is -1.34. The second kappa shape index (κ2) is 6.29. The average Bonchev–Trinajstić information content (AvgIpc) is 2.26. The van der Waals surface area contributed by atoms with Gasteiger partial charge in [-0.05, 0) is 24.3 Å². The highest BCUT2D eigenvalue weighted by Gasteiger charge is 2.07. The highest BCUT2D eigenvalue weighted by molar-refractivity contribution is 5.31. The molecule has 16 heavy (non-hydrogen) atoms. The summed E-state index contributed by atoms with van der Waals surface area (Å²) in [6.45, 7) is 0.285. The molecule has 1 aromatic rings. The molecule has 1 aromatic carbocycles. The maximum Gasteiger partial charge on any atom is 0.119 e. The maximum atomic E-state index is 9.43. The summed E-state index contributed by atoms with van der Waals surface area (Å²) in [6.07, 6.45) is -0.725. The Morgan fingerprint density at radius 2 is 1.81 bits per heavy atom. The summed E-state index contributed by atoms with van der Waals surface area (Å²) in [4.78, 5) is 0. The Bertz CT molecular complexity index is 303. The molecule has 0 spiro atoms. The lowest BCUT2D eigenvalue weighted by Gasteiger charge is -2.15. The van der Waals surface area contributed by atoms with Crippen LogP contribution in [0.5, 0.6) is 11.5 Å². The van der Waals surface area contributed by atoms with E-state index in [0.29, 0.717) is 5.75 Å². The van der Waals surface area contributed by atoms with E-state index in [1.165, 1.54) is 0 Å². The van der Waals surface area contributed by atoms with Gasteiger partial charge in [-0.15, -0.1) is 0 Å². The number of nitrogens with two attached hydrogens (primary N) is 2. The minimum Gasteiger partial charge on any atom is -0.497 e. The van der Waals surface area contributed by atoms with Crippen LogP contribution in [0.1, 0.15) is 0 Å². The van der Waals surface area contributed by atoms with Crippen molar-refractivity contribution in [3.05, 3.63) is 24.3 Å². The molecule has 0 aliphatic carbocycles. The molecule has 0 aliphatic rings. The number of hydrazine groups is 2. The van der Waals surface area contributed by atoms with Crippen LogP contribution in [0.4, 0.5) is 0 Å². The molecule has 0 radical (unpaired) electrons. The number of nitrogens with zero attached hydrogens (tertiary/aromatic N) is 1. The summed E-state index contributed by atoms with van der Waals surface area (Å²) < 4.78 is 10.3. The second-order valence-corrected chi connectivity index (χ2v) is 3.34. The lowest BCUT2D eigenvalue weighted by atomic mass is 10.3. The summed E-state index contributed by atoms with van der Waals surface area (Å²) in [5.41, 5.74) is 0. The summed E-state index contributed by atoms with van der Waals surface area (Å²) in [5, 5.41) is 10.3. The SMILES string of the molecule is COc1ccc(OCC(O)CN(N)N)cc1. The van der Waals surface area contributed by atoms with Gasteiger partial charge in [0.1, 0.15) is 24.2 Å². The Labute approximate surface area is 94.3 Å². The van der Waals surface area contributed by atoms with Crippen LogP contribution < -0.4 is 21.2 Å².